The topological polar surface area (TPSA) is 108 Å². The maximum atomic E-state index is 12.6. The molecule has 2 aromatic heterocycles. The number of nitro benzene ring substituents is 1. The van der Waals surface area contributed by atoms with Gasteiger partial charge in [0.15, 0.2) is 4.96 Å². The first-order valence-electron chi connectivity index (χ1n) is 9.31. The molecule has 0 aliphatic rings. The summed E-state index contributed by atoms with van der Waals surface area (Å²) in [6.07, 6.45) is 1.91. The Morgan fingerprint density at radius 1 is 1.25 bits per heavy atom. The van der Waals surface area contributed by atoms with E-state index >= 15 is 0 Å². The second-order valence-corrected chi connectivity index (χ2v) is 7.96. The van der Waals surface area contributed by atoms with Crippen LogP contribution in [0.4, 0.5) is 11.4 Å². The van der Waals surface area contributed by atoms with Crippen molar-refractivity contribution in [3.8, 4) is 22.8 Å². The van der Waals surface area contributed by atoms with E-state index in [1.807, 2.05) is 28.1 Å². The Morgan fingerprint density at radius 2 is 2.06 bits per heavy atom. The van der Waals surface area contributed by atoms with Crippen molar-refractivity contribution in [3.05, 3.63) is 68.8 Å². The van der Waals surface area contributed by atoms with E-state index < -0.39 is 4.92 Å². The fourth-order valence-electron chi connectivity index (χ4n) is 3.18. The van der Waals surface area contributed by atoms with Crippen LogP contribution in [0.2, 0.25) is 5.02 Å². The number of rotatable bonds is 7. The summed E-state index contributed by atoms with van der Waals surface area (Å²) < 4.78 is 12.6. The van der Waals surface area contributed by atoms with Crippen LogP contribution in [0.25, 0.3) is 16.2 Å². The molecule has 4 rings (SSSR count). The van der Waals surface area contributed by atoms with Crippen LogP contribution in [0, 0.1) is 10.1 Å². The van der Waals surface area contributed by atoms with Crippen molar-refractivity contribution in [2.24, 2.45) is 0 Å². The number of fused-ring (bicyclic) bond motifs is 1. The Hall–Kier alpha value is -3.63. The number of aromatic nitrogens is 2. The van der Waals surface area contributed by atoms with Gasteiger partial charge in [0, 0.05) is 35.0 Å². The van der Waals surface area contributed by atoms with E-state index in [1.165, 1.54) is 29.5 Å². The second-order valence-electron chi connectivity index (χ2n) is 6.72. The van der Waals surface area contributed by atoms with Crippen LogP contribution in [0.1, 0.15) is 5.69 Å². The van der Waals surface area contributed by atoms with Crippen molar-refractivity contribution >= 4 is 45.2 Å². The minimum Gasteiger partial charge on any atom is -0.497 e. The van der Waals surface area contributed by atoms with Crippen LogP contribution >= 0.6 is 22.9 Å². The smallest absolute Gasteiger partial charge is 0.271 e. The van der Waals surface area contributed by atoms with E-state index in [0.29, 0.717) is 22.9 Å². The van der Waals surface area contributed by atoms with E-state index in [4.69, 9.17) is 21.1 Å². The van der Waals surface area contributed by atoms with Gasteiger partial charge in [-0.25, -0.2) is 4.98 Å². The number of carbonyl (C=O) groups is 1. The van der Waals surface area contributed by atoms with E-state index in [2.05, 4.69) is 10.3 Å². The Kier molecular flexibility index (Phi) is 5.97. The zero-order valence-corrected chi connectivity index (χ0v) is 18.6. The average molecular weight is 473 g/mol. The quantitative estimate of drug-likeness (QED) is 0.305. The molecule has 1 N–H and O–H groups in total. The molecule has 0 fully saturated rings. The van der Waals surface area contributed by atoms with Gasteiger partial charge in [0.25, 0.3) is 5.69 Å². The fraction of sp³-hybridized carbons (Fsp3) is 0.143. The number of hydrogen-bond acceptors (Lipinski definition) is 7. The number of anilines is 1. The van der Waals surface area contributed by atoms with Crippen LogP contribution in [0.5, 0.6) is 11.5 Å². The molecule has 0 aliphatic carbocycles. The Labute approximate surface area is 191 Å². The first-order valence-corrected chi connectivity index (χ1v) is 10.6. The number of imidazole rings is 1. The monoisotopic (exact) mass is 472 g/mol. The highest BCUT2D eigenvalue weighted by atomic mass is 35.5. The first kappa shape index (κ1) is 21.6. The number of halogens is 1. The number of methoxy groups -OCH3 is 2. The lowest BCUT2D eigenvalue weighted by molar-refractivity contribution is -0.384. The predicted molar refractivity (Wildman–Crippen MR) is 122 cm³/mol. The van der Waals surface area contributed by atoms with Crippen LogP contribution in [0.15, 0.2) is 48.0 Å². The molecule has 0 saturated carbocycles. The third-order valence-electron chi connectivity index (χ3n) is 4.75. The van der Waals surface area contributed by atoms with Gasteiger partial charge >= 0.3 is 0 Å². The van der Waals surface area contributed by atoms with E-state index in [0.717, 1.165) is 16.2 Å². The molecule has 0 spiro atoms. The number of non-ortho nitro benzene ring substituents is 1. The predicted octanol–water partition coefficient (Wildman–Crippen LogP) is 4.82. The Morgan fingerprint density at radius 3 is 2.75 bits per heavy atom. The molecular formula is C21H17ClN4O5S. The Bertz CT molecular complexity index is 1330. The summed E-state index contributed by atoms with van der Waals surface area (Å²) in [6, 6.07) is 9.35. The lowest BCUT2D eigenvalue weighted by Gasteiger charge is -2.08. The van der Waals surface area contributed by atoms with Gasteiger partial charge in [-0.1, -0.05) is 11.6 Å². The molecule has 164 valence electrons. The molecule has 0 aliphatic heterocycles. The summed E-state index contributed by atoms with van der Waals surface area (Å²) in [5.41, 5.74) is 2.36. The SMILES string of the molecule is COc1ccc(OC)c(-c2cn3c(CC(=O)Nc4ccc([N+](=O)[O-])cc4Cl)csc3n2)c1. The minimum atomic E-state index is -0.548. The van der Waals surface area contributed by atoms with Crippen molar-refractivity contribution in [1.82, 2.24) is 9.38 Å². The van der Waals surface area contributed by atoms with Gasteiger partial charge < -0.3 is 14.8 Å². The van der Waals surface area contributed by atoms with Gasteiger partial charge in [-0.05, 0) is 24.3 Å². The molecule has 2 heterocycles. The minimum absolute atomic E-state index is 0.0678. The van der Waals surface area contributed by atoms with Crippen molar-refractivity contribution in [2.75, 3.05) is 19.5 Å². The van der Waals surface area contributed by atoms with E-state index in [1.54, 1.807) is 20.3 Å². The van der Waals surface area contributed by atoms with Crippen LogP contribution < -0.4 is 14.8 Å². The number of hydrogen-bond donors (Lipinski definition) is 1. The third-order valence-corrected chi connectivity index (χ3v) is 5.95. The summed E-state index contributed by atoms with van der Waals surface area (Å²) in [5.74, 6) is 1.02. The maximum Gasteiger partial charge on any atom is 0.271 e. The van der Waals surface area contributed by atoms with Crippen molar-refractivity contribution < 1.29 is 19.2 Å². The van der Waals surface area contributed by atoms with Gasteiger partial charge in [-0.2, -0.15) is 0 Å². The fourth-order valence-corrected chi connectivity index (χ4v) is 4.27. The van der Waals surface area contributed by atoms with Gasteiger partial charge in [-0.3, -0.25) is 19.3 Å². The van der Waals surface area contributed by atoms with Gasteiger partial charge in [-0.15, -0.1) is 11.3 Å². The molecule has 1 amide bonds. The van der Waals surface area contributed by atoms with Crippen molar-refractivity contribution in [2.45, 2.75) is 6.42 Å². The third kappa shape index (κ3) is 4.23. The number of amides is 1. The number of ether oxygens (including phenoxy) is 2. The average Bonchev–Trinajstić information content (AvgIpc) is 3.36. The standard InChI is InChI=1S/C21H17ClN4O5S/c1-30-14-4-6-19(31-2)15(9-14)18-10-25-13(11-32-21(25)24-18)8-20(27)23-17-5-3-12(26(28)29)7-16(17)22/h3-7,9-11H,8H2,1-2H3,(H,23,27). The molecule has 4 aromatic rings. The number of benzene rings is 2. The summed E-state index contributed by atoms with van der Waals surface area (Å²) in [7, 11) is 3.17. The number of carbonyl (C=O) groups excluding carboxylic acids is 1. The zero-order chi connectivity index (χ0) is 22.8. The molecule has 0 saturated heterocycles. The normalized spacial score (nSPS) is 10.8. The van der Waals surface area contributed by atoms with E-state index in [9.17, 15) is 14.9 Å². The highest BCUT2D eigenvalue weighted by Crippen LogP contribution is 2.34. The first-order chi connectivity index (χ1) is 15.4. The van der Waals surface area contributed by atoms with Crippen molar-refractivity contribution in [1.29, 1.82) is 0 Å². The van der Waals surface area contributed by atoms with Crippen LogP contribution in [-0.2, 0) is 11.2 Å². The van der Waals surface area contributed by atoms with Gasteiger partial charge in [0.05, 0.1) is 42.0 Å². The second kappa shape index (κ2) is 8.85. The maximum absolute atomic E-state index is 12.6. The van der Waals surface area contributed by atoms with Crippen LogP contribution in [-0.4, -0.2) is 34.4 Å². The summed E-state index contributed by atoms with van der Waals surface area (Å²) in [5, 5.41) is 15.5. The number of nitrogens with zero attached hydrogens (tertiary/aromatic N) is 3. The highest BCUT2D eigenvalue weighted by Gasteiger charge is 2.17. The van der Waals surface area contributed by atoms with Crippen molar-refractivity contribution in [3.63, 3.8) is 0 Å². The number of thiazole rings is 1. The Balaban J connectivity index is 1.57. The molecule has 32 heavy (non-hydrogen) atoms. The molecule has 0 radical (unpaired) electrons. The summed E-state index contributed by atoms with van der Waals surface area (Å²) in [4.78, 5) is 28.3. The van der Waals surface area contributed by atoms with Gasteiger partial charge in [0.2, 0.25) is 5.91 Å². The highest BCUT2D eigenvalue weighted by molar-refractivity contribution is 7.15. The largest absolute Gasteiger partial charge is 0.497 e. The lowest BCUT2D eigenvalue weighted by atomic mass is 10.1. The van der Waals surface area contributed by atoms with Gasteiger partial charge in [0.1, 0.15) is 11.5 Å². The summed E-state index contributed by atoms with van der Waals surface area (Å²) >= 11 is 7.47. The molecule has 0 unspecified atom stereocenters. The molecule has 0 atom stereocenters. The lowest BCUT2D eigenvalue weighted by Crippen LogP contribution is -2.15. The molecule has 0 bridgehead atoms. The van der Waals surface area contributed by atoms with Crippen LogP contribution in [0.3, 0.4) is 0 Å². The number of nitrogens with one attached hydrogen (secondary N) is 1. The molecule has 9 nitrogen and oxygen atoms in total. The number of nitro groups is 1. The molecule has 2 aromatic carbocycles. The summed E-state index contributed by atoms with van der Waals surface area (Å²) in [6.45, 7) is 0. The zero-order valence-electron chi connectivity index (χ0n) is 17.0. The molecule has 11 heteroatoms. The molecular weight excluding hydrogens is 456 g/mol. The van der Waals surface area contributed by atoms with E-state index in [-0.39, 0.29) is 23.0 Å².